The summed E-state index contributed by atoms with van der Waals surface area (Å²) < 4.78 is 27.7. The van der Waals surface area contributed by atoms with E-state index >= 15 is 0 Å². The number of carbonyl (C=O) groups excluding carboxylic acids is 2. The second-order valence-electron chi connectivity index (χ2n) is 7.61. The molecule has 0 aromatic heterocycles. The molecule has 2 N–H and O–H groups in total. The Kier molecular flexibility index (Phi) is 9.39. The standard InChI is InChI=1S/C27H30N2O7/c1-5-13-35-21-12-11-19(14-22(21)32-2)26(30)28-29-27(31)20-15-23(33-3)25(24(16-20)34-4)36-17-18-9-7-6-8-10-18/h6-12,14-16H,5,13,17H2,1-4H3,(H,28,30)(H,29,31). The first-order valence-electron chi connectivity index (χ1n) is 11.3. The maximum atomic E-state index is 12.8. The van der Waals surface area contributed by atoms with Crippen LogP contribution in [0.25, 0.3) is 0 Å². The number of carbonyl (C=O) groups is 2. The molecule has 0 aliphatic heterocycles. The fraction of sp³-hybridized carbons (Fsp3) is 0.259. The van der Waals surface area contributed by atoms with E-state index in [4.69, 9.17) is 23.7 Å². The Balaban J connectivity index is 1.70. The van der Waals surface area contributed by atoms with Gasteiger partial charge in [-0.3, -0.25) is 20.4 Å². The van der Waals surface area contributed by atoms with E-state index in [1.54, 1.807) is 12.1 Å². The Bertz CT molecular complexity index is 1160. The van der Waals surface area contributed by atoms with Gasteiger partial charge in [-0.15, -0.1) is 0 Å². The topological polar surface area (TPSA) is 104 Å². The van der Waals surface area contributed by atoms with Gasteiger partial charge in [0, 0.05) is 11.1 Å². The fourth-order valence-corrected chi connectivity index (χ4v) is 3.28. The molecule has 0 aliphatic rings. The van der Waals surface area contributed by atoms with Gasteiger partial charge in [-0.1, -0.05) is 37.3 Å². The molecule has 3 aromatic rings. The zero-order chi connectivity index (χ0) is 25.9. The van der Waals surface area contributed by atoms with Crippen LogP contribution < -0.4 is 34.5 Å². The number of amides is 2. The van der Waals surface area contributed by atoms with Crippen LogP contribution in [0.15, 0.2) is 60.7 Å². The van der Waals surface area contributed by atoms with Gasteiger partial charge in [-0.2, -0.15) is 0 Å². The van der Waals surface area contributed by atoms with Crippen LogP contribution in [0, 0.1) is 0 Å². The summed E-state index contributed by atoms with van der Waals surface area (Å²) in [7, 11) is 4.43. The predicted molar refractivity (Wildman–Crippen MR) is 134 cm³/mol. The van der Waals surface area contributed by atoms with Crippen LogP contribution in [0.3, 0.4) is 0 Å². The van der Waals surface area contributed by atoms with E-state index in [0.717, 1.165) is 12.0 Å². The SMILES string of the molecule is CCCOc1ccc(C(=O)NNC(=O)c2cc(OC)c(OCc3ccccc3)c(OC)c2)cc1OC. The summed E-state index contributed by atoms with van der Waals surface area (Å²) in [5.74, 6) is 0.858. The van der Waals surface area contributed by atoms with Gasteiger partial charge in [-0.25, -0.2) is 0 Å². The number of hydrogen-bond acceptors (Lipinski definition) is 7. The molecule has 0 saturated carbocycles. The summed E-state index contributed by atoms with van der Waals surface area (Å²) in [6.45, 7) is 2.81. The zero-order valence-electron chi connectivity index (χ0n) is 20.8. The van der Waals surface area contributed by atoms with Crippen molar-refractivity contribution in [1.29, 1.82) is 0 Å². The summed E-state index contributed by atoms with van der Waals surface area (Å²) in [6.07, 6.45) is 0.840. The summed E-state index contributed by atoms with van der Waals surface area (Å²) in [5, 5.41) is 0. The summed E-state index contributed by atoms with van der Waals surface area (Å²) >= 11 is 0. The lowest BCUT2D eigenvalue weighted by Crippen LogP contribution is -2.41. The second kappa shape index (κ2) is 12.9. The van der Waals surface area contributed by atoms with E-state index in [1.165, 1.54) is 39.5 Å². The van der Waals surface area contributed by atoms with E-state index in [-0.39, 0.29) is 11.1 Å². The number of benzene rings is 3. The number of methoxy groups -OCH3 is 3. The van der Waals surface area contributed by atoms with Gasteiger partial charge in [0.05, 0.1) is 27.9 Å². The number of nitrogens with one attached hydrogen (secondary N) is 2. The number of hydrogen-bond donors (Lipinski definition) is 2. The summed E-state index contributed by atoms with van der Waals surface area (Å²) in [5.41, 5.74) is 6.26. The molecular formula is C27H30N2O7. The predicted octanol–water partition coefficient (Wildman–Crippen LogP) is 4.16. The van der Waals surface area contributed by atoms with Crippen molar-refractivity contribution in [2.75, 3.05) is 27.9 Å². The Morgan fingerprint density at radius 3 is 1.86 bits per heavy atom. The molecule has 0 heterocycles. The van der Waals surface area contributed by atoms with E-state index in [2.05, 4.69) is 10.9 Å². The van der Waals surface area contributed by atoms with Crippen molar-refractivity contribution in [2.24, 2.45) is 0 Å². The minimum Gasteiger partial charge on any atom is -0.493 e. The zero-order valence-corrected chi connectivity index (χ0v) is 20.8. The lowest BCUT2D eigenvalue weighted by atomic mass is 10.1. The molecule has 3 aromatic carbocycles. The molecule has 3 rings (SSSR count). The molecule has 9 nitrogen and oxygen atoms in total. The van der Waals surface area contributed by atoms with Crippen molar-refractivity contribution in [3.63, 3.8) is 0 Å². The van der Waals surface area contributed by atoms with Crippen LogP contribution in [0.5, 0.6) is 28.7 Å². The molecule has 0 bridgehead atoms. The summed E-state index contributed by atoms with van der Waals surface area (Å²) in [4.78, 5) is 25.4. The van der Waals surface area contributed by atoms with Crippen LogP contribution in [0.4, 0.5) is 0 Å². The van der Waals surface area contributed by atoms with Crippen molar-refractivity contribution in [3.05, 3.63) is 77.4 Å². The normalized spacial score (nSPS) is 10.2. The molecule has 0 spiro atoms. The fourth-order valence-electron chi connectivity index (χ4n) is 3.28. The molecule has 9 heteroatoms. The van der Waals surface area contributed by atoms with Crippen LogP contribution >= 0.6 is 0 Å². The highest BCUT2D eigenvalue weighted by Crippen LogP contribution is 2.39. The van der Waals surface area contributed by atoms with Crippen molar-refractivity contribution >= 4 is 11.8 Å². The number of rotatable bonds is 11. The van der Waals surface area contributed by atoms with Gasteiger partial charge in [0.25, 0.3) is 11.8 Å². The average molecular weight is 495 g/mol. The highest BCUT2D eigenvalue weighted by atomic mass is 16.5. The van der Waals surface area contributed by atoms with Gasteiger partial charge in [0.15, 0.2) is 23.0 Å². The maximum absolute atomic E-state index is 12.8. The maximum Gasteiger partial charge on any atom is 0.269 e. The van der Waals surface area contributed by atoms with Gasteiger partial charge in [0.1, 0.15) is 6.61 Å². The van der Waals surface area contributed by atoms with Crippen molar-refractivity contribution in [1.82, 2.24) is 10.9 Å². The largest absolute Gasteiger partial charge is 0.493 e. The second-order valence-corrected chi connectivity index (χ2v) is 7.61. The monoisotopic (exact) mass is 494 g/mol. The molecule has 0 radical (unpaired) electrons. The van der Waals surface area contributed by atoms with E-state index in [9.17, 15) is 9.59 Å². The van der Waals surface area contributed by atoms with Gasteiger partial charge in [0.2, 0.25) is 5.75 Å². The summed E-state index contributed by atoms with van der Waals surface area (Å²) in [6, 6.07) is 17.4. The average Bonchev–Trinajstić information content (AvgIpc) is 2.93. The third kappa shape index (κ3) is 6.59. The molecule has 0 aliphatic carbocycles. The first kappa shape index (κ1) is 26.2. The Morgan fingerprint density at radius 2 is 1.28 bits per heavy atom. The van der Waals surface area contributed by atoms with Crippen molar-refractivity contribution in [2.45, 2.75) is 20.0 Å². The Morgan fingerprint density at radius 1 is 0.694 bits per heavy atom. The van der Waals surface area contributed by atoms with Crippen molar-refractivity contribution < 1.29 is 33.3 Å². The quantitative estimate of drug-likeness (QED) is 0.386. The number of hydrazine groups is 1. The molecule has 0 unspecified atom stereocenters. The van der Waals surface area contributed by atoms with E-state index in [1.807, 2.05) is 37.3 Å². The highest BCUT2D eigenvalue weighted by molar-refractivity contribution is 6.00. The molecule has 0 fully saturated rings. The Labute approximate surface area is 210 Å². The van der Waals surface area contributed by atoms with Crippen LogP contribution in [0.2, 0.25) is 0 Å². The number of ether oxygens (including phenoxy) is 5. The van der Waals surface area contributed by atoms with E-state index in [0.29, 0.717) is 42.0 Å². The molecule has 2 amide bonds. The lowest BCUT2D eigenvalue weighted by Gasteiger charge is -2.16. The van der Waals surface area contributed by atoms with Gasteiger partial charge in [-0.05, 0) is 42.3 Å². The lowest BCUT2D eigenvalue weighted by molar-refractivity contribution is 0.0846. The molecule has 190 valence electrons. The van der Waals surface area contributed by atoms with Gasteiger partial charge < -0.3 is 23.7 Å². The third-order valence-electron chi connectivity index (χ3n) is 5.13. The smallest absolute Gasteiger partial charge is 0.269 e. The molecule has 0 saturated heterocycles. The molecular weight excluding hydrogens is 464 g/mol. The minimum atomic E-state index is -0.565. The Hall–Kier alpha value is -4.40. The van der Waals surface area contributed by atoms with Crippen molar-refractivity contribution in [3.8, 4) is 28.7 Å². The van der Waals surface area contributed by atoms with Crippen LogP contribution in [-0.2, 0) is 6.61 Å². The molecule has 0 atom stereocenters. The highest BCUT2D eigenvalue weighted by Gasteiger charge is 2.19. The van der Waals surface area contributed by atoms with Gasteiger partial charge >= 0.3 is 0 Å². The first-order chi connectivity index (χ1) is 17.5. The van der Waals surface area contributed by atoms with Crippen LogP contribution in [-0.4, -0.2) is 39.8 Å². The first-order valence-corrected chi connectivity index (χ1v) is 11.3. The third-order valence-corrected chi connectivity index (χ3v) is 5.13. The molecule has 36 heavy (non-hydrogen) atoms. The minimum absolute atomic E-state index is 0.206. The van der Waals surface area contributed by atoms with E-state index < -0.39 is 11.8 Å². The van der Waals surface area contributed by atoms with Crippen LogP contribution in [0.1, 0.15) is 39.6 Å².